The van der Waals surface area contributed by atoms with E-state index in [-0.39, 0.29) is 12.0 Å². The van der Waals surface area contributed by atoms with Gasteiger partial charge in [-0.05, 0) is 33.1 Å². The number of carbonyl (C=O) groups excluding carboxylic acids is 2. The molecule has 2 N–H and O–H groups in total. The van der Waals surface area contributed by atoms with Crippen molar-refractivity contribution in [3.05, 3.63) is 17.0 Å². The quantitative estimate of drug-likeness (QED) is 0.884. The van der Waals surface area contributed by atoms with Crippen LogP contribution in [0.2, 0.25) is 0 Å². The Hall–Kier alpha value is -2.05. The summed E-state index contributed by atoms with van der Waals surface area (Å²) in [6, 6.07) is 0. The van der Waals surface area contributed by atoms with E-state index >= 15 is 0 Å². The van der Waals surface area contributed by atoms with Crippen LogP contribution in [0.1, 0.15) is 62.8 Å². The molecule has 1 aromatic rings. The highest BCUT2D eigenvalue weighted by molar-refractivity contribution is 5.94. The van der Waals surface area contributed by atoms with Crippen molar-refractivity contribution < 1.29 is 14.3 Å². The second kappa shape index (κ2) is 7.23. The molecule has 2 amide bonds. The van der Waals surface area contributed by atoms with Crippen LogP contribution in [0.4, 0.5) is 4.79 Å². The van der Waals surface area contributed by atoms with Gasteiger partial charge in [0.25, 0.3) is 5.91 Å². The summed E-state index contributed by atoms with van der Waals surface area (Å²) in [5.41, 5.74) is 1.55. The van der Waals surface area contributed by atoms with E-state index in [1.807, 2.05) is 20.8 Å². The number of ether oxygens (including phenoxy) is 1. The first-order valence-electron chi connectivity index (χ1n) is 8.49. The van der Waals surface area contributed by atoms with Crippen molar-refractivity contribution in [2.45, 2.75) is 59.6 Å². The maximum atomic E-state index is 12.3. The number of nitrogens with zero attached hydrogens (tertiary/aromatic N) is 2. The normalized spacial score (nSPS) is 14.5. The first-order chi connectivity index (χ1) is 11.2. The van der Waals surface area contributed by atoms with Gasteiger partial charge >= 0.3 is 6.09 Å². The summed E-state index contributed by atoms with van der Waals surface area (Å²) in [6.07, 6.45) is 1.20. The zero-order chi connectivity index (χ0) is 17.9. The van der Waals surface area contributed by atoms with Gasteiger partial charge < -0.3 is 15.0 Å². The predicted molar refractivity (Wildman–Crippen MR) is 90.7 cm³/mol. The molecule has 134 valence electrons. The van der Waals surface area contributed by atoms with Gasteiger partial charge in [-0.2, -0.15) is 5.10 Å². The summed E-state index contributed by atoms with van der Waals surface area (Å²) in [7, 11) is 0. The smallest absolute Gasteiger partial charge is 0.410 e. The molecule has 0 aromatic carbocycles. The van der Waals surface area contributed by atoms with Crippen molar-refractivity contribution >= 4 is 12.0 Å². The molecule has 0 fully saturated rings. The molecule has 0 radical (unpaired) electrons. The minimum absolute atomic E-state index is 0.195. The van der Waals surface area contributed by atoms with E-state index in [4.69, 9.17) is 4.74 Å². The molecular formula is C17H28N4O3. The first kappa shape index (κ1) is 18.3. The van der Waals surface area contributed by atoms with Crippen LogP contribution < -0.4 is 5.32 Å². The summed E-state index contributed by atoms with van der Waals surface area (Å²) < 4.78 is 5.42. The van der Waals surface area contributed by atoms with Gasteiger partial charge in [0.2, 0.25) is 0 Å². The fourth-order valence-electron chi connectivity index (χ4n) is 2.52. The van der Waals surface area contributed by atoms with Gasteiger partial charge in [0.1, 0.15) is 5.60 Å². The number of amides is 2. The molecule has 0 unspecified atom stereocenters. The fourth-order valence-corrected chi connectivity index (χ4v) is 2.52. The van der Waals surface area contributed by atoms with E-state index in [2.05, 4.69) is 29.4 Å². The van der Waals surface area contributed by atoms with Crippen LogP contribution in [-0.4, -0.2) is 45.8 Å². The lowest BCUT2D eigenvalue weighted by Gasteiger charge is -2.30. The average Bonchev–Trinajstić information content (AvgIpc) is 2.87. The molecule has 7 heteroatoms. The molecule has 2 heterocycles. The number of aromatic amines is 1. The lowest BCUT2D eigenvalue weighted by atomic mass is 10.1. The summed E-state index contributed by atoms with van der Waals surface area (Å²) >= 11 is 0. The molecule has 0 atom stereocenters. The molecule has 0 bridgehead atoms. The van der Waals surface area contributed by atoms with Crippen molar-refractivity contribution in [3.63, 3.8) is 0 Å². The lowest BCUT2D eigenvalue weighted by Crippen LogP contribution is -2.40. The molecule has 0 spiro atoms. The highest BCUT2D eigenvalue weighted by Crippen LogP contribution is 2.22. The number of aromatic nitrogens is 2. The Morgan fingerprint density at radius 3 is 2.71 bits per heavy atom. The van der Waals surface area contributed by atoms with Crippen LogP contribution in [0.25, 0.3) is 0 Å². The Balaban J connectivity index is 2.03. The van der Waals surface area contributed by atoms with Crippen molar-refractivity contribution in [3.8, 4) is 0 Å². The zero-order valence-corrected chi connectivity index (χ0v) is 15.2. The predicted octanol–water partition coefficient (Wildman–Crippen LogP) is 2.48. The van der Waals surface area contributed by atoms with E-state index < -0.39 is 5.60 Å². The van der Waals surface area contributed by atoms with Crippen molar-refractivity contribution in [1.29, 1.82) is 0 Å². The van der Waals surface area contributed by atoms with Crippen molar-refractivity contribution in [2.24, 2.45) is 5.92 Å². The number of rotatable bonds is 4. The summed E-state index contributed by atoms with van der Waals surface area (Å²) in [5.74, 6) is 0.334. The van der Waals surface area contributed by atoms with Gasteiger partial charge in [-0.15, -0.1) is 0 Å². The van der Waals surface area contributed by atoms with Gasteiger partial charge in [-0.1, -0.05) is 13.8 Å². The highest BCUT2D eigenvalue weighted by atomic mass is 16.6. The summed E-state index contributed by atoms with van der Waals surface area (Å²) in [6.45, 7) is 11.3. The largest absolute Gasteiger partial charge is 0.444 e. The van der Waals surface area contributed by atoms with Gasteiger partial charge in [0, 0.05) is 30.8 Å². The average molecular weight is 336 g/mol. The van der Waals surface area contributed by atoms with Gasteiger partial charge in [0.05, 0.1) is 6.54 Å². The third-order valence-electron chi connectivity index (χ3n) is 3.81. The fraction of sp³-hybridized carbons (Fsp3) is 0.706. The van der Waals surface area contributed by atoms with Crippen LogP contribution in [0.15, 0.2) is 0 Å². The van der Waals surface area contributed by atoms with Crippen LogP contribution >= 0.6 is 0 Å². The Labute approximate surface area is 143 Å². The zero-order valence-electron chi connectivity index (χ0n) is 15.2. The minimum Gasteiger partial charge on any atom is -0.444 e. The topological polar surface area (TPSA) is 87.3 Å². The SMILES string of the molecule is CC(C)CCNC(=O)c1n[nH]c2c1CN(C(=O)OC(C)(C)C)CC2. The number of carbonyl (C=O) groups is 2. The summed E-state index contributed by atoms with van der Waals surface area (Å²) in [4.78, 5) is 26.2. The number of hydrogen-bond acceptors (Lipinski definition) is 4. The molecule has 1 aliphatic rings. The van der Waals surface area contributed by atoms with Crippen LogP contribution in [0.3, 0.4) is 0 Å². The molecule has 7 nitrogen and oxygen atoms in total. The Kier molecular flexibility index (Phi) is 5.51. The Morgan fingerprint density at radius 1 is 1.38 bits per heavy atom. The maximum Gasteiger partial charge on any atom is 0.410 e. The standard InChI is InChI=1S/C17H28N4O3/c1-11(2)6-8-18-15(22)14-12-10-21(9-7-13(12)19-20-14)16(23)24-17(3,4)5/h11H,6-10H2,1-5H3,(H,18,22)(H,19,20). The third kappa shape index (κ3) is 4.72. The molecule has 0 saturated carbocycles. The summed E-state index contributed by atoms with van der Waals surface area (Å²) in [5, 5.41) is 9.97. The number of hydrogen-bond donors (Lipinski definition) is 2. The Morgan fingerprint density at radius 2 is 2.08 bits per heavy atom. The third-order valence-corrected chi connectivity index (χ3v) is 3.81. The number of fused-ring (bicyclic) bond motifs is 1. The van der Waals surface area contributed by atoms with E-state index in [0.717, 1.165) is 17.7 Å². The van der Waals surface area contributed by atoms with Crippen LogP contribution in [-0.2, 0) is 17.7 Å². The van der Waals surface area contributed by atoms with Crippen LogP contribution in [0.5, 0.6) is 0 Å². The molecular weight excluding hydrogens is 308 g/mol. The molecule has 24 heavy (non-hydrogen) atoms. The van der Waals surface area contributed by atoms with E-state index in [0.29, 0.717) is 37.7 Å². The maximum absolute atomic E-state index is 12.3. The van der Waals surface area contributed by atoms with Gasteiger partial charge in [0.15, 0.2) is 5.69 Å². The molecule has 1 aromatic heterocycles. The Bertz CT molecular complexity index is 601. The van der Waals surface area contributed by atoms with Crippen molar-refractivity contribution in [2.75, 3.05) is 13.1 Å². The first-order valence-corrected chi connectivity index (χ1v) is 8.49. The molecule has 0 aliphatic carbocycles. The number of H-pyrrole nitrogens is 1. The molecule has 2 rings (SSSR count). The minimum atomic E-state index is -0.537. The monoisotopic (exact) mass is 336 g/mol. The van der Waals surface area contributed by atoms with Crippen molar-refractivity contribution in [1.82, 2.24) is 20.4 Å². The second-order valence-corrected chi connectivity index (χ2v) is 7.62. The van der Waals surface area contributed by atoms with E-state index in [9.17, 15) is 9.59 Å². The van der Waals surface area contributed by atoms with Crippen LogP contribution in [0, 0.1) is 5.92 Å². The second-order valence-electron chi connectivity index (χ2n) is 7.62. The molecule has 0 saturated heterocycles. The highest BCUT2D eigenvalue weighted by Gasteiger charge is 2.30. The van der Waals surface area contributed by atoms with Gasteiger partial charge in [-0.3, -0.25) is 9.89 Å². The van der Waals surface area contributed by atoms with Gasteiger partial charge in [-0.25, -0.2) is 4.79 Å². The van der Waals surface area contributed by atoms with E-state index in [1.54, 1.807) is 4.90 Å². The lowest BCUT2D eigenvalue weighted by molar-refractivity contribution is 0.0222. The number of nitrogens with one attached hydrogen (secondary N) is 2. The molecule has 1 aliphatic heterocycles. The van der Waals surface area contributed by atoms with E-state index in [1.165, 1.54) is 0 Å².